The number of carbonyl (C=O) groups excluding carboxylic acids is 4. The number of rotatable bonds is 11. The summed E-state index contributed by atoms with van der Waals surface area (Å²) in [6.45, 7) is 16.6. The lowest BCUT2D eigenvalue weighted by Gasteiger charge is -2.29. The fourth-order valence-electron chi connectivity index (χ4n) is 8.03. The molecule has 0 aliphatic carbocycles. The van der Waals surface area contributed by atoms with Crippen LogP contribution in [0.5, 0.6) is 0 Å². The van der Waals surface area contributed by atoms with Gasteiger partial charge in [0.05, 0.1) is 37.7 Å². The topological polar surface area (TPSA) is 175 Å². The van der Waals surface area contributed by atoms with Gasteiger partial charge in [-0.25, -0.2) is 19.6 Å². The van der Waals surface area contributed by atoms with Gasteiger partial charge < -0.3 is 39.9 Å². The maximum absolute atomic E-state index is 13.7. The number of hydrogen-bond donors (Lipinski definition) is 4. The summed E-state index contributed by atoms with van der Waals surface area (Å²) in [5.41, 5.74) is 7.34. The molecular weight excluding hydrogens is 761 g/mol. The molecular formula is C46H52N8O6. The molecule has 14 heteroatoms. The number of hydrogen-bond acceptors (Lipinski definition) is 8. The van der Waals surface area contributed by atoms with E-state index in [1.165, 1.54) is 14.2 Å². The molecule has 4 atom stereocenters. The van der Waals surface area contributed by atoms with Gasteiger partial charge in [-0.05, 0) is 58.7 Å². The summed E-state index contributed by atoms with van der Waals surface area (Å²) in [5, 5.41) is 7.51. The summed E-state index contributed by atoms with van der Waals surface area (Å²) in [5.74, 6) is 0.619. The van der Waals surface area contributed by atoms with Crippen LogP contribution in [0.1, 0.15) is 64.3 Å². The van der Waals surface area contributed by atoms with Gasteiger partial charge in [-0.2, -0.15) is 0 Å². The van der Waals surface area contributed by atoms with E-state index in [1.807, 2.05) is 58.3 Å². The van der Waals surface area contributed by atoms with Crippen LogP contribution in [0.25, 0.3) is 44.4 Å². The Bertz CT molecular complexity index is 2450. The number of methoxy groups -OCH3 is 2. The molecule has 14 nitrogen and oxygen atoms in total. The number of imidazole rings is 2. The molecule has 2 aromatic heterocycles. The molecule has 0 unspecified atom stereocenters. The van der Waals surface area contributed by atoms with Crippen molar-refractivity contribution in [1.29, 1.82) is 0 Å². The van der Waals surface area contributed by atoms with E-state index in [1.54, 1.807) is 9.80 Å². The quantitative estimate of drug-likeness (QED) is 0.0982. The third-order valence-corrected chi connectivity index (χ3v) is 11.3. The van der Waals surface area contributed by atoms with Gasteiger partial charge in [-0.15, -0.1) is 0 Å². The summed E-state index contributed by atoms with van der Waals surface area (Å²) >= 11 is 0. The van der Waals surface area contributed by atoms with E-state index in [-0.39, 0.29) is 35.7 Å². The number of amides is 4. The van der Waals surface area contributed by atoms with Crippen molar-refractivity contribution in [3.8, 4) is 33.6 Å². The van der Waals surface area contributed by atoms with Crippen molar-refractivity contribution in [2.75, 3.05) is 27.3 Å². The van der Waals surface area contributed by atoms with Gasteiger partial charge in [-0.3, -0.25) is 9.59 Å². The second kappa shape index (κ2) is 17.3. The van der Waals surface area contributed by atoms with Gasteiger partial charge in [-0.1, -0.05) is 101 Å². The fourth-order valence-corrected chi connectivity index (χ4v) is 8.03. The van der Waals surface area contributed by atoms with Crippen LogP contribution < -0.4 is 10.6 Å². The Morgan fingerprint density at radius 2 is 1.03 bits per heavy atom. The predicted molar refractivity (Wildman–Crippen MR) is 229 cm³/mol. The number of aromatic nitrogens is 4. The monoisotopic (exact) mass is 812 g/mol. The zero-order chi connectivity index (χ0) is 42.8. The second-order valence-electron chi connectivity index (χ2n) is 16.3. The fraction of sp³-hybridized carbons (Fsp3) is 0.348. The number of carbonyl (C=O) groups is 4. The van der Waals surface area contributed by atoms with Crippen LogP contribution in [0.4, 0.5) is 9.59 Å². The number of nitrogens with one attached hydrogen (secondary N) is 4. The summed E-state index contributed by atoms with van der Waals surface area (Å²) in [6, 6.07) is 18.7. The lowest BCUT2D eigenvalue weighted by Crippen LogP contribution is -2.51. The summed E-state index contributed by atoms with van der Waals surface area (Å²) in [7, 11) is 2.56. The molecule has 60 heavy (non-hydrogen) atoms. The first-order valence-corrected chi connectivity index (χ1v) is 20.1. The van der Waals surface area contributed by atoms with Crippen molar-refractivity contribution in [2.45, 2.75) is 64.7 Å². The van der Waals surface area contributed by atoms with E-state index in [4.69, 9.17) is 19.4 Å². The van der Waals surface area contributed by atoms with Crippen molar-refractivity contribution >= 4 is 34.8 Å². The van der Waals surface area contributed by atoms with E-state index in [2.05, 4.69) is 76.2 Å². The Balaban J connectivity index is 1.04. The van der Waals surface area contributed by atoms with E-state index in [0.717, 1.165) is 55.6 Å². The zero-order valence-electron chi connectivity index (χ0n) is 34.9. The maximum Gasteiger partial charge on any atom is 0.407 e. The summed E-state index contributed by atoms with van der Waals surface area (Å²) in [6.07, 6.45) is 3.55. The average molecular weight is 813 g/mol. The van der Waals surface area contributed by atoms with Crippen molar-refractivity contribution in [2.24, 2.45) is 11.8 Å². The molecule has 0 bridgehead atoms. The number of aromatic amines is 2. The van der Waals surface area contributed by atoms with Crippen LogP contribution in [0.2, 0.25) is 0 Å². The molecule has 4 amide bonds. The van der Waals surface area contributed by atoms with Crippen LogP contribution in [-0.2, 0) is 19.1 Å². The van der Waals surface area contributed by atoms with Crippen LogP contribution in [0.15, 0.2) is 97.4 Å². The number of likely N-dealkylation sites (tertiary alicyclic amines) is 2. The molecule has 0 spiro atoms. The maximum atomic E-state index is 13.7. The van der Waals surface area contributed by atoms with Crippen molar-refractivity contribution in [1.82, 2.24) is 40.4 Å². The highest BCUT2D eigenvalue weighted by atomic mass is 16.5. The standard InChI is InChI=1S/C46H52N8O6/c1-25(2)39(51-45(57)59-7)43(55)53-23-27(5)17-37(53)41-47-21-35(49-41)30-11-9-29(10-12-30)31-13-14-33-20-34(16-15-32(33)19-31)36-22-48-42(50-36)38-18-28(6)24-54(38)44(56)40(26(3)4)52-46(58)60-8/h9-16,19-22,25-26,37-40H,5-6,17-18,23-24H2,1-4,7-8H3,(H,47,49)(H,48,50)(H,51,57)(H,52,58)/t37-,38-,39-,40-/m0/s1. The molecule has 0 saturated carbocycles. The zero-order valence-corrected chi connectivity index (χ0v) is 34.9. The average Bonchev–Trinajstić information content (AvgIpc) is 4.07. The van der Waals surface area contributed by atoms with E-state index < -0.39 is 24.3 Å². The smallest absolute Gasteiger partial charge is 0.407 e. The predicted octanol–water partition coefficient (Wildman–Crippen LogP) is 7.71. The number of fused-ring (bicyclic) bond motifs is 1. The molecule has 5 aromatic rings. The highest BCUT2D eigenvalue weighted by Gasteiger charge is 2.40. The van der Waals surface area contributed by atoms with Gasteiger partial charge in [0.1, 0.15) is 23.7 Å². The Labute approximate surface area is 349 Å². The minimum Gasteiger partial charge on any atom is -0.453 e. The highest BCUT2D eigenvalue weighted by Crippen LogP contribution is 2.37. The SMILES string of the molecule is C=C1C[C@@H](c2nc(-c3ccc(-c4ccc5cc(-c6c[nH]c([C@@H]7CC(=C)CN7C(=O)[C@@H](NC(=O)OC)C(C)C)n6)ccc5c4)cc3)c[nH]2)N(C(=O)[C@@H](NC(=O)OC)C(C)C)C1. The highest BCUT2D eigenvalue weighted by molar-refractivity contribution is 5.91. The molecule has 2 saturated heterocycles. The summed E-state index contributed by atoms with van der Waals surface area (Å²) in [4.78, 5) is 71.3. The van der Waals surface area contributed by atoms with Crippen molar-refractivity contribution in [3.05, 3.63) is 109 Å². The Kier molecular flexibility index (Phi) is 11.9. The third kappa shape index (κ3) is 8.54. The molecule has 2 aliphatic rings. The van der Waals surface area contributed by atoms with Crippen LogP contribution in [0, 0.1) is 11.8 Å². The Morgan fingerprint density at radius 3 is 1.48 bits per heavy atom. The minimum atomic E-state index is -0.744. The molecule has 2 fully saturated rings. The first kappa shape index (κ1) is 41.5. The van der Waals surface area contributed by atoms with Gasteiger partial charge in [0.25, 0.3) is 0 Å². The first-order chi connectivity index (χ1) is 28.7. The van der Waals surface area contributed by atoms with E-state index in [9.17, 15) is 19.2 Å². The van der Waals surface area contributed by atoms with E-state index >= 15 is 0 Å². The lowest BCUT2D eigenvalue weighted by atomic mass is 9.98. The van der Waals surface area contributed by atoms with E-state index in [0.29, 0.717) is 37.6 Å². The van der Waals surface area contributed by atoms with Crippen LogP contribution in [0.3, 0.4) is 0 Å². The number of alkyl carbamates (subject to hydrolysis) is 2. The molecule has 4 N–H and O–H groups in total. The van der Waals surface area contributed by atoms with Gasteiger partial charge in [0.15, 0.2) is 0 Å². The Hall–Kier alpha value is -6.70. The third-order valence-electron chi connectivity index (χ3n) is 11.3. The van der Waals surface area contributed by atoms with Crippen LogP contribution in [-0.4, -0.2) is 93.1 Å². The number of H-pyrrole nitrogens is 2. The molecule has 7 rings (SSSR count). The van der Waals surface area contributed by atoms with Gasteiger partial charge in [0, 0.05) is 36.6 Å². The van der Waals surface area contributed by atoms with Gasteiger partial charge >= 0.3 is 12.2 Å². The first-order valence-electron chi connectivity index (χ1n) is 20.1. The molecule has 4 heterocycles. The molecule has 3 aromatic carbocycles. The number of benzene rings is 3. The number of ether oxygens (including phenoxy) is 2. The van der Waals surface area contributed by atoms with Gasteiger partial charge in [0.2, 0.25) is 11.8 Å². The lowest BCUT2D eigenvalue weighted by molar-refractivity contribution is -0.136. The van der Waals surface area contributed by atoms with Crippen LogP contribution >= 0.6 is 0 Å². The Morgan fingerprint density at radius 1 is 0.633 bits per heavy atom. The minimum absolute atomic E-state index is 0.146. The second-order valence-corrected chi connectivity index (χ2v) is 16.3. The summed E-state index contributed by atoms with van der Waals surface area (Å²) < 4.78 is 9.54. The normalized spacial score (nSPS) is 17.7. The number of nitrogens with zero attached hydrogens (tertiary/aromatic N) is 4. The molecule has 312 valence electrons. The largest absolute Gasteiger partial charge is 0.453 e. The molecule has 0 radical (unpaired) electrons. The van der Waals surface area contributed by atoms with Crippen molar-refractivity contribution in [3.63, 3.8) is 0 Å². The van der Waals surface area contributed by atoms with Crippen molar-refractivity contribution < 1.29 is 28.7 Å². The molecule has 2 aliphatic heterocycles.